The summed E-state index contributed by atoms with van der Waals surface area (Å²) < 4.78 is 8.12. The molecule has 0 spiro atoms. The molecule has 0 amide bonds. The van der Waals surface area contributed by atoms with Crippen molar-refractivity contribution in [3.63, 3.8) is 0 Å². The van der Waals surface area contributed by atoms with Crippen LogP contribution in [0.25, 0.3) is 39.0 Å². The second-order valence-electron chi connectivity index (χ2n) is 30.1. The maximum Gasteiger partial charge on any atom is 0.213 e. The molecule has 18 nitrogen and oxygen atoms in total. The minimum absolute atomic E-state index is 0.00483. The minimum Gasteiger partial charge on any atom is -0.493 e. The average Bonchev–Trinajstić information content (AvgIpc) is 1.62. The molecule has 2 aromatic carbocycles. The Balaban J connectivity index is 0.554. The van der Waals surface area contributed by atoms with Crippen LogP contribution in [0.3, 0.4) is 0 Å². The zero-order valence-electron chi connectivity index (χ0n) is 65.5. The monoisotopic (exact) mass is 1520 g/mol. The number of allylic oxidation sites excluding steroid dienone is 23. The molecular weight excluding hydrogens is 1430 g/mol. The summed E-state index contributed by atoms with van der Waals surface area (Å²) in [6, 6.07) is 41.3. The summed E-state index contributed by atoms with van der Waals surface area (Å²) in [5.74, 6) is 0.00966. The molecular formula is C98H86N16O2+4. The van der Waals surface area contributed by atoms with Gasteiger partial charge in [0.05, 0.1) is 68.5 Å². The topological polar surface area (TPSA) is 193 Å². The van der Waals surface area contributed by atoms with Crippen LogP contribution in [0.5, 0.6) is 0 Å². The van der Waals surface area contributed by atoms with E-state index in [0.29, 0.717) is 24.2 Å². The van der Waals surface area contributed by atoms with Crippen molar-refractivity contribution in [1.82, 2.24) is 19.8 Å². The van der Waals surface area contributed by atoms with Crippen LogP contribution < -0.4 is 18.3 Å². The third-order valence-electron chi connectivity index (χ3n) is 21.9. The van der Waals surface area contributed by atoms with E-state index in [1.807, 2.05) is 144 Å². The highest BCUT2D eigenvalue weighted by Gasteiger charge is 2.31. The fraction of sp³-hybridized carbons (Fsp3) is 0.143. The minimum atomic E-state index is 0.00483. The first-order valence-corrected chi connectivity index (χ1v) is 39.4. The first kappa shape index (κ1) is 73.0. The number of fused-ring (bicyclic) bond motifs is 10. The largest absolute Gasteiger partial charge is 0.493 e. The van der Waals surface area contributed by atoms with Crippen LogP contribution in [0.2, 0.25) is 0 Å². The molecule has 0 unspecified atom stereocenters. The van der Waals surface area contributed by atoms with Gasteiger partial charge in [-0.05, 0) is 203 Å². The Hall–Kier alpha value is -14.5. The maximum atomic E-state index is 11.5. The van der Waals surface area contributed by atoms with E-state index >= 15 is 0 Å². The summed E-state index contributed by atoms with van der Waals surface area (Å²) in [4.78, 5) is 53.8. The number of nitrogens with one attached hydrogen (secondary N) is 2. The lowest BCUT2D eigenvalue weighted by Gasteiger charge is -2.16. The summed E-state index contributed by atoms with van der Waals surface area (Å²) in [5, 5.41) is 23.0. The number of unbranched alkanes of at least 4 members (excludes halogenated alkanes) is 5. The summed E-state index contributed by atoms with van der Waals surface area (Å²) >= 11 is 0. The van der Waals surface area contributed by atoms with Crippen molar-refractivity contribution in [2.45, 2.75) is 38.5 Å². The molecule has 0 saturated carbocycles. The van der Waals surface area contributed by atoms with Crippen LogP contribution in [-0.4, -0.2) is 103 Å². The van der Waals surface area contributed by atoms with Crippen LogP contribution >= 0.6 is 0 Å². The van der Waals surface area contributed by atoms with Gasteiger partial charge in [0, 0.05) is 179 Å². The lowest BCUT2D eigenvalue weighted by atomic mass is 9.97. The number of hydrogen-bond donors (Lipinski definition) is 4. The Morgan fingerprint density at radius 2 is 0.526 bits per heavy atom. The van der Waals surface area contributed by atoms with Crippen LogP contribution in [0, 0.1) is 0 Å². The van der Waals surface area contributed by atoms with Gasteiger partial charge in [-0.2, -0.15) is 0 Å². The first-order chi connectivity index (χ1) is 56.7. The molecule has 16 bridgehead atoms. The van der Waals surface area contributed by atoms with Crippen LogP contribution in [0.4, 0.5) is 0 Å². The summed E-state index contributed by atoms with van der Waals surface area (Å²) in [6.45, 7) is 1.000. The highest BCUT2D eigenvalue weighted by Crippen LogP contribution is 2.42. The van der Waals surface area contributed by atoms with Gasteiger partial charge in [0.15, 0.2) is 49.6 Å². The second kappa shape index (κ2) is 31.6. The molecule has 18 rings (SSSR count). The number of rotatable bonds is 17. The Labute approximate surface area is 674 Å². The van der Waals surface area contributed by atoms with Gasteiger partial charge in [-0.25, -0.2) is 48.2 Å². The van der Waals surface area contributed by atoms with Crippen molar-refractivity contribution in [1.29, 1.82) is 0 Å². The molecule has 10 aliphatic heterocycles. The Bertz CT molecular complexity index is 6280. The van der Waals surface area contributed by atoms with Crippen LogP contribution in [0.1, 0.15) is 106 Å². The number of aliphatic imine (C=N–C) groups is 8. The van der Waals surface area contributed by atoms with E-state index in [1.165, 1.54) is 0 Å². The zero-order valence-corrected chi connectivity index (χ0v) is 65.5. The van der Waals surface area contributed by atoms with E-state index in [4.69, 9.17) is 30.0 Å². The quantitative estimate of drug-likeness (QED) is 0.0305. The molecule has 0 fully saturated rings. The normalized spacial score (nSPS) is 17.5. The van der Waals surface area contributed by atoms with E-state index in [2.05, 4.69) is 240 Å². The highest BCUT2D eigenvalue weighted by atomic mass is 16.3. The summed E-state index contributed by atoms with van der Waals surface area (Å²) in [7, 11) is 12.1. The standard InChI is InChI=1S/C98H84N16O2/c1-109-51-37-65(38-52-109)91-77-25-21-73(101-77)89(74-22-26-78(102-74)92(66-39-53-110(2)54-40-66)82-30-34-86(106-82)95(85-33-29-81(91)105-85)69-45-59-113(5)60-46-69)63-13-17-71(18-14-63)97(115)99-49-11-9-7-8-10-12-50-100-98(116)72-19-15-64(16-20-72)90-75-23-27-79(103-75)93(67-41-55-111(3)56-42-67)83-31-35-87(107-83)96(70-47-61-114(6)62-48-70)88-36-32-84(108-88)94(80-28-24-76(90)104-80)68-43-57-112(4)58-44-68/h13-48,51-62H,7-12,49-50H2,1-6H3,(H2-2,99,100,101,102,103,104,105,106,107,108,115,116)/q+2/p+2. The Kier molecular flexibility index (Phi) is 19.9. The number of aromatic nitrogens is 6. The number of nitrogens with zero attached hydrogens (tertiary/aromatic N) is 14. The van der Waals surface area contributed by atoms with Crippen LogP contribution in [0.15, 0.2) is 384 Å². The number of H-pyrrole nitrogens is 2. The molecule has 566 valence electrons. The van der Waals surface area contributed by atoms with Crippen molar-refractivity contribution >= 4 is 85.1 Å². The van der Waals surface area contributed by atoms with Gasteiger partial charge in [0.25, 0.3) is 0 Å². The number of benzene rings is 2. The first-order valence-electron chi connectivity index (χ1n) is 39.4. The van der Waals surface area contributed by atoms with Crippen molar-refractivity contribution in [3.8, 4) is 0 Å². The SMILES string of the molecule is CN1C=CC(=C2C3=NC(=C(c4cc[n+](C)cc4)C4=NC(=C(c5cc[n+](C)cc5)c5ccc([nH]5)C(c5ccc(C(O)=NCCCCCCCCN=C(O)c6ccc(C7=C8C=CC(=N8)C(c8cc[n+](C)cc8)=C8C=CC(=N8)C(c8cc[n+](C)cc8)=C8C=CC(=N8)C(=C8C=CN(C)C=C8)c8ccc7[nH]8)cc6)cc5)=C5C=CC2=N5)C=C4)C=C3)C=C1. The smallest absolute Gasteiger partial charge is 0.213 e. The number of aliphatic hydroxyl groups excluding tert-OH is 2. The third kappa shape index (κ3) is 14.9. The van der Waals surface area contributed by atoms with Gasteiger partial charge in [-0.15, -0.1) is 0 Å². The molecule has 116 heavy (non-hydrogen) atoms. The fourth-order valence-electron chi connectivity index (χ4n) is 15.8. The predicted octanol–water partition coefficient (Wildman–Crippen LogP) is 15.9. The molecule has 4 N–H and O–H groups in total. The lowest BCUT2D eigenvalue weighted by Crippen LogP contribution is -2.26. The Morgan fingerprint density at radius 1 is 0.284 bits per heavy atom. The van der Waals surface area contributed by atoms with Crippen LogP contribution in [-0.2, 0) is 28.2 Å². The van der Waals surface area contributed by atoms with Gasteiger partial charge in [-0.3, -0.25) is 9.98 Å². The molecule has 0 saturated heterocycles. The fourth-order valence-corrected chi connectivity index (χ4v) is 15.8. The number of hydrogen-bond acceptors (Lipinski definition) is 10. The molecule has 6 aromatic heterocycles. The molecule has 0 radical (unpaired) electrons. The van der Waals surface area contributed by atoms with Gasteiger partial charge < -0.3 is 30.0 Å². The molecule has 0 aliphatic carbocycles. The van der Waals surface area contributed by atoms with E-state index < -0.39 is 0 Å². The van der Waals surface area contributed by atoms with E-state index in [-0.39, 0.29) is 11.8 Å². The molecule has 0 atom stereocenters. The van der Waals surface area contributed by atoms with Gasteiger partial charge in [0.2, 0.25) is 11.8 Å². The van der Waals surface area contributed by atoms with Gasteiger partial charge in [-0.1, -0.05) is 49.9 Å². The van der Waals surface area contributed by atoms with Crippen molar-refractivity contribution in [2.24, 2.45) is 68.1 Å². The van der Waals surface area contributed by atoms with Crippen molar-refractivity contribution < 1.29 is 28.5 Å². The lowest BCUT2D eigenvalue weighted by molar-refractivity contribution is -0.671. The number of aliphatic hydroxyl groups is 2. The number of pyridine rings is 4. The molecule has 16 heterocycles. The number of aromatic amines is 2. The van der Waals surface area contributed by atoms with Crippen molar-refractivity contribution in [3.05, 3.63) is 411 Å². The third-order valence-corrected chi connectivity index (χ3v) is 21.9. The molecule has 10 aliphatic rings. The van der Waals surface area contributed by atoms with E-state index in [1.54, 1.807) is 0 Å². The molecule has 8 aromatic rings. The number of aryl methyl sites for hydroxylation is 4. The highest BCUT2D eigenvalue weighted by molar-refractivity contribution is 6.39. The maximum absolute atomic E-state index is 11.5. The zero-order chi connectivity index (χ0) is 78.9. The van der Waals surface area contributed by atoms with Crippen molar-refractivity contribution in [2.75, 3.05) is 27.2 Å². The summed E-state index contributed by atoms with van der Waals surface area (Å²) in [5.41, 5.74) is 29.7. The predicted molar refractivity (Wildman–Crippen MR) is 465 cm³/mol. The average molecular weight is 1520 g/mol. The summed E-state index contributed by atoms with van der Waals surface area (Å²) in [6.07, 6.45) is 63.9. The van der Waals surface area contributed by atoms with E-state index in [0.717, 1.165) is 219 Å². The van der Waals surface area contributed by atoms with E-state index in [9.17, 15) is 10.2 Å². The van der Waals surface area contributed by atoms with Gasteiger partial charge >= 0.3 is 0 Å². The molecule has 18 heteroatoms. The Morgan fingerprint density at radius 3 is 0.836 bits per heavy atom. The second-order valence-corrected chi connectivity index (χ2v) is 30.1. The van der Waals surface area contributed by atoms with Gasteiger partial charge in [0.1, 0.15) is 28.2 Å².